The normalized spacial score (nSPS) is 10.7. The number of carbonyl (C=O) groups is 1. The molecule has 0 atom stereocenters. The summed E-state index contributed by atoms with van der Waals surface area (Å²) >= 11 is 1.67. The lowest BCUT2D eigenvalue weighted by atomic mass is 10.3. The van der Waals surface area contributed by atoms with Crippen molar-refractivity contribution in [1.29, 1.82) is 0 Å². The first-order chi connectivity index (χ1) is 9.79. The Hall–Kier alpha value is -1.59. The lowest BCUT2D eigenvalue weighted by Gasteiger charge is -2.21. The number of nitrogens with zero attached hydrogens (tertiary/aromatic N) is 1. The van der Waals surface area contributed by atoms with Crippen LogP contribution in [0, 0.1) is 0 Å². The van der Waals surface area contributed by atoms with Gasteiger partial charge >= 0.3 is 0 Å². The number of amides is 1. The van der Waals surface area contributed by atoms with Crippen molar-refractivity contribution in [2.45, 2.75) is 26.4 Å². The van der Waals surface area contributed by atoms with Crippen molar-refractivity contribution in [3.63, 3.8) is 0 Å². The fourth-order valence-corrected chi connectivity index (χ4v) is 2.66. The lowest BCUT2D eigenvalue weighted by Crippen LogP contribution is -2.32. The molecule has 1 amide bonds. The van der Waals surface area contributed by atoms with Crippen LogP contribution in [0.1, 0.15) is 24.0 Å². The van der Waals surface area contributed by atoms with Gasteiger partial charge in [-0.05, 0) is 30.1 Å². The molecule has 0 saturated carbocycles. The van der Waals surface area contributed by atoms with Crippen molar-refractivity contribution in [2.75, 3.05) is 13.1 Å². The second kappa shape index (κ2) is 7.87. The average Bonchev–Trinajstić information content (AvgIpc) is 3.11. The minimum atomic E-state index is 0.149. The monoisotopic (exact) mass is 292 g/mol. The summed E-state index contributed by atoms with van der Waals surface area (Å²) in [4.78, 5) is 15.4. The lowest BCUT2D eigenvalue weighted by molar-refractivity contribution is -0.132. The Balaban J connectivity index is 1.97. The number of rotatable bonds is 8. The Morgan fingerprint density at radius 2 is 2.25 bits per heavy atom. The molecular weight excluding hydrogens is 272 g/mol. The highest BCUT2D eigenvalue weighted by Crippen LogP contribution is 2.15. The fourth-order valence-electron chi connectivity index (χ4n) is 1.94. The number of carbonyl (C=O) groups excluding carboxylic acids is 1. The van der Waals surface area contributed by atoms with Gasteiger partial charge < -0.3 is 14.6 Å². The molecule has 1 N–H and O–H groups in total. The van der Waals surface area contributed by atoms with Gasteiger partial charge in [-0.25, -0.2) is 0 Å². The van der Waals surface area contributed by atoms with E-state index < -0.39 is 0 Å². The number of furan rings is 1. The Kier molecular flexibility index (Phi) is 5.83. The molecule has 2 rings (SSSR count). The summed E-state index contributed by atoms with van der Waals surface area (Å²) in [6.45, 7) is 4.81. The molecule has 0 aliphatic rings. The second-order valence-electron chi connectivity index (χ2n) is 4.51. The van der Waals surface area contributed by atoms with Crippen molar-refractivity contribution in [2.24, 2.45) is 0 Å². The summed E-state index contributed by atoms with van der Waals surface area (Å²) in [6, 6.07) is 7.81. The van der Waals surface area contributed by atoms with Crippen molar-refractivity contribution >= 4 is 17.2 Å². The first-order valence-electron chi connectivity index (χ1n) is 6.83. The van der Waals surface area contributed by atoms with Crippen molar-refractivity contribution in [1.82, 2.24) is 10.2 Å². The first kappa shape index (κ1) is 14.8. The predicted molar refractivity (Wildman–Crippen MR) is 80.4 cm³/mol. The summed E-state index contributed by atoms with van der Waals surface area (Å²) in [7, 11) is 0. The van der Waals surface area contributed by atoms with E-state index in [1.165, 1.54) is 4.88 Å². The van der Waals surface area contributed by atoms with Crippen LogP contribution in [0.4, 0.5) is 0 Å². The van der Waals surface area contributed by atoms with Crippen molar-refractivity contribution in [3.8, 4) is 0 Å². The molecule has 0 unspecified atom stereocenters. The smallest absolute Gasteiger partial charge is 0.224 e. The molecular formula is C15H20N2O2S. The summed E-state index contributed by atoms with van der Waals surface area (Å²) in [5, 5.41) is 5.21. The Labute approximate surface area is 123 Å². The Morgan fingerprint density at radius 3 is 2.90 bits per heavy atom. The third-order valence-electron chi connectivity index (χ3n) is 2.97. The maximum Gasteiger partial charge on any atom is 0.224 e. The molecule has 108 valence electrons. The molecule has 0 aromatic carbocycles. The number of nitrogens with one attached hydrogen (secondary N) is 1. The van der Waals surface area contributed by atoms with Gasteiger partial charge in [-0.15, -0.1) is 11.3 Å². The van der Waals surface area contributed by atoms with Crippen LogP contribution in [0.3, 0.4) is 0 Å². The third kappa shape index (κ3) is 4.51. The average molecular weight is 292 g/mol. The third-order valence-corrected chi connectivity index (χ3v) is 3.83. The van der Waals surface area contributed by atoms with Gasteiger partial charge in [0.25, 0.3) is 0 Å². The molecule has 0 spiro atoms. The highest BCUT2D eigenvalue weighted by atomic mass is 32.1. The van der Waals surface area contributed by atoms with E-state index in [0.29, 0.717) is 26.1 Å². The van der Waals surface area contributed by atoms with Crippen LogP contribution in [0.2, 0.25) is 0 Å². The van der Waals surface area contributed by atoms with Crippen molar-refractivity contribution < 1.29 is 9.21 Å². The molecule has 0 fully saturated rings. The molecule has 2 aromatic heterocycles. The van der Waals surface area contributed by atoms with Gasteiger partial charge in [0.2, 0.25) is 5.91 Å². The maximum atomic E-state index is 12.3. The molecule has 20 heavy (non-hydrogen) atoms. The van der Waals surface area contributed by atoms with Gasteiger partial charge in [0.1, 0.15) is 5.76 Å². The van der Waals surface area contributed by atoms with E-state index in [0.717, 1.165) is 12.3 Å². The number of thiophene rings is 1. The van der Waals surface area contributed by atoms with Gasteiger partial charge in [0.15, 0.2) is 0 Å². The van der Waals surface area contributed by atoms with Gasteiger partial charge in [-0.1, -0.05) is 13.0 Å². The molecule has 2 heterocycles. The molecule has 0 aliphatic heterocycles. The van der Waals surface area contributed by atoms with Gasteiger partial charge in [-0.3, -0.25) is 4.79 Å². The fraction of sp³-hybridized carbons (Fsp3) is 0.400. The summed E-state index contributed by atoms with van der Waals surface area (Å²) in [6.07, 6.45) is 2.15. The van der Waals surface area contributed by atoms with Crippen molar-refractivity contribution in [3.05, 3.63) is 46.5 Å². The molecule has 0 radical (unpaired) electrons. The summed E-state index contributed by atoms with van der Waals surface area (Å²) < 4.78 is 5.35. The van der Waals surface area contributed by atoms with E-state index in [-0.39, 0.29) is 5.91 Å². The SMILES string of the molecule is CCNCCC(=O)N(Cc1ccco1)Cc1cccs1. The molecule has 5 heteroatoms. The highest BCUT2D eigenvalue weighted by Gasteiger charge is 2.15. The van der Waals surface area contributed by atoms with Crippen LogP contribution in [-0.2, 0) is 17.9 Å². The maximum absolute atomic E-state index is 12.3. The van der Waals surface area contributed by atoms with Crippen LogP contribution in [0.25, 0.3) is 0 Å². The molecule has 4 nitrogen and oxygen atoms in total. The van der Waals surface area contributed by atoms with Crippen LogP contribution in [0.5, 0.6) is 0 Å². The second-order valence-corrected chi connectivity index (χ2v) is 5.54. The van der Waals surface area contributed by atoms with E-state index in [1.54, 1.807) is 17.6 Å². The van der Waals surface area contributed by atoms with Gasteiger partial charge in [0, 0.05) is 17.8 Å². The van der Waals surface area contributed by atoms with E-state index in [4.69, 9.17) is 4.42 Å². The highest BCUT2D eigenvalue weighted by molar-refractivity contribution is 7.09. The summed E-state index contributed by atoms with van der Waals surface area (Å²) in [5.74, 6) is 0.967. The van der Waals surface area contributed by atoms with Gasteiger partial charge in [0.05, 0.1) is 19.4 Å². The Bertz CT molecular complexity index is 458. The minimum Gasteiger partial charge on any atom is -0.467 e. The zero-order valence-electron chi connectivity index (χ0n) is 11.7. The Morgan fingerprint density at radius 1 is 1.35 bits per heavy atom. The molecule has 2 aromatic rings. The predicted octanol–water partition coefficient (Wildman–Crippen LogP) is 2.87. The van der Waals surface area contributed by atoms with E-state index in [2.05, 4.69) is 11.4 Å². The molecule has 0 bridgehead atoms. The van der Waals surface area contributed by atoms with Gasteiger partial charge in [-0.2, -0.15) is 0 Å². The quantitative estimate of drug-likeness (QED) is 0.761. The molecule has 0 saturated heterocycles. The standard InChI is InChI=1S/C15H20N2O2S/c1-2-16-8-7-15(18)17(11-13-5-3-9-19-13)12-14-6-4-10-20-14/h3-6,9-10,16H,2,7-8,11-12H2,1H3. The van der Waals surface area contributed by atoms with Crippen LogP contribution in [-0.4, -0.2) is 23.9 Å². The van der Waals surface area contributed by atoms with E-state index >= 15 is 0 Å². The topological polar surface area (TPSA) is 45.5 Å². The zero-order chi connectivity index (χ0) is 14.2. The van der Waals surface area contributed by atoms with Crippen LogP contribution >= 0.6 is 11.3 Å². The summed E-state index contributed by atoms with van der Waals surface area (Å²) in [5.41, 5.74) is 0. The largest absolute Gasteiger partial charge is 0.467 e. The molecule has 0 aliphatic carbocycles. The number of hydrogen-bond donors (Lipinski definition) is 1. The van der Waals surface area contributed by atoms with E-state index in [1.807, 2.05) is 35.4 Å². The van der Waals surface area contributed by atoms with E-state index in [9.17, 15) is 4.79 Å². The first-order valence-corrected chi connectivity index (χ1v) is 7.71. The van der Waals surface area contributed by atoms with Crippen LogP contribution in [0.15, 0.2) is 40.3 Å². The minimum absolute atomic E-state index is 0.149. The van der Waals surface area contributed by atoms with Crippen LogP contribution < -0.4 is 5.32 Å². The zero-order valence-corrected chi connectivity index (χ0v) is 12.5. The number of hydrogen-bond acceptors (Lipinski definition) is 4.